The van der Waals surface area contributed by atoms with Gasteiger partial charge in [-0.1, -0.05) is 11.6 Å². The number of hydrogen-bond donors (Lipinski definition) is 1. The number of hydrogen-bond acceptors (Lipinski definition) is 3. The fraction of sp³-hybridized carbons (Fsp3) is 0.250. The Morgan fingerprint density at radius 2 is 2.21 bits per heavy atom. The van der Waals surface area contributed by atoms with Crippen LogP contribution in [0.25, 0.3) is 0 Å². The van der Waals surface area contributed by atoms with E-state index >= 15 is 0 Å². The molecular weight excluding hydrogens is 287 g/mol. The van der Waals surface area contributed by atoms with Crippen molar-refractivity contribution in [3.05, 3.63) is 40.5 Å². The molecule has 0 radical (unpaired) electrons. The monoisotopic (exact) mass is 296 g/mol. The molecule has 3 rings (SSSR count). The topological polar surface area (TPSA) is 59.8 Å². The molecule has 1 fully saturated rings. The van der Waals surface area contributed by atoms with Crippen LogP contribution in [-0.2, 0) is 0 Å². The highest BCUT2D eigenvalue weighted by Gasteiger charge is 2.27. The van der Waals surface area contributed by atoms with Gasteiger partial charge in [-0.2, -0.15) is 0 Å². The number of amides is 1. The second-order valence-corrected chi connectivity index (χ2v) is 5.12. The zero-order chi connectivity index (χ0) is 13.4. The molecule has 0 spiro atoms. The predicted molar refractivity (Wildman–Crippen MR) is 72.7 cm³/mol. The standard InChI is InChI=1S/C12H10Cl2N4O/c13-7-5-9(18(6-7)8-1-2-8)11(19)16-10-3-4-15-12(14)17-10/h3-6,8H,1-2H2,(H,15,16,17,19). The number of anilines is 1. The third kappa shape index (κ3) is 2.72. The highest BCUT2D eigenvalue weighted by atomic mass is 35.5. The van der Waals surface area contributed by atoms with Crippen molar-refractivity contribution in [3.63, 3.8) is 0 Å². The van der Waals surface area contributed by atoms with E-state index in [1.165, 1.54) is 6.20 Å². The zero-order valence-corrected chi connectivity index (χ0v) is 11.3. The molecule has 1 aliphatic carbocycles. The molecule has 2 heterocycles. The summed E-state index contributed by atoms with van der Waals surface area (Å²) in [4.78, 5) is 19.9. The van der Waals surface area contributed by atoms with E-state index in [2.05, 4.69) is 15.3 Å². The second kappa shape index (κ2) is 4.83. The van der Waals surface area contributed by atoms with Crippen LogP contribution in [0.15, 0.2) is 24.5 Å². The lowest BCUT2D eigenvalue weighted by Gasteiger charge is -2.07. The van der Waals surface area contributed by atoms with Crippen LogP contribution in [-0.4, -0.2) is 20.4 Å². The first kappa shape index (κ1) is 12.4. The number of carbonyl (C=O) groups excluding carboxylic acids is 1. The first-order valence-corrected chi connectivity index (χ1v) is 6.56. The van der Waals surface area contributed by atoms with E-state index in [4.69, 9.17) is 23.2 Å². The zero-order valence-electron chi connectivity index (χ0n) is 9.81. The minimum atomic E-state index is -0.256. The molecule has 2 aromatic rings. The average Bonchev–Trinajstić information content (AvgIpc) is 3.12. The molecule has 98 valence electrons. The van der Waals surface area contributed by atoms with Gasteiger partial charge in [0, 0.05) is 18.4 Å². The maximum atomic E-state index is 12.2. The van der Waals surface area contributed by atoms with Gasteiger partial charge in [-0.15, -0.1) is 0 Å². The van der Waals surface area contributed by atoms with Crippen molar-refractivity contribution in [1.82, 2.24) is 14.5 Å². The number of carbonyl (C=O) groups is 1. The fourth-order valence-electron chi connectivity index (χ4n) is 1.87. The van der Waals surface area contributed by atoms with Crippen LogP contribution >= 0.6 is 23.2 Å². The predicted octanol–water partition coefficient (Wildman–Crippen LogP) is 3.17. The quantitative estimate of drug-likeness (QED) is 0.885. The van der Waals surface area contributed by atoms with E-state index in [0.717, 1.165) is 12.8 Å². The van der Waals surface area contributed by atoms with Crippen LogP contribution in [0.4, 0.5) is 5.82 Å². The molecule has 1 N–H and O–H groups in total. The molecule has 2 aromatic heterocycles. The van der Waals surface area contributed by atoms with Crippen LogP contribution in [0, 0.1) is 0 Å². The van der Waals surface area contributed by atoms with E-state index in [9.17, 15) is 4.79 Å². The average molecular weight is 297 g/mol. The lowest BCUT2D eigenvalue weighted by molar-refractivity contribution is 0.101. The minimum absolute atomic E-state index is 0.0911. The van der Waals surface area contributed by atoms with Gasteiger partial charge < -0.3 is 9.88 Å². The van der Waals surface area contributed by atoms with Crippen LogP contribution in [0.1, 0.15) is 29.4 Å². The summed E-state index contributed by atoms with van der Waals surface area (Å²) in [6.45, 7) is 0. The highest BCUT2D eigenvalue weighted by molar-refractivity contribution is 6.31. The molecular formula is C12H10Cl2N4O. The fourth-order valence-corrected chi connectivity index (χ4v) is 2.22. The van der Waals surface area contributed by atoms with Crippen LogP contribution in [0.2, 0.25) is 10.3 Å². The first-order chi connectivity index (χ1) is 9.13. The van der Waals surface area contributed by atoms with Gasteiger partial charge in [0.1, 0.15) is 11.5 Å². The summed E-state index contributed by atoms with van der Waals surface area (Å²) in [5, 5.41) is 3.33. The molecule has 5 nitrogen and oxygen atoms in total. The van der Waals surface area contributed by atoms with E-state index in [1.54, 1.807) is 18.3 Å². The van der Waals surface area contributed by atoms with Crippen molar-refractivity contribution in [3.8, 4) is 0 Å². The summed E-state index contributed by atoms with van der Waals surface area (Å²) in [7, 11) is 0. The SMILES string of the molecule is O=C(Nc1ccnc(Cl)n1)c1cc(Cl)cn1C1CC1. The molecule has 0 unspecified atom stereocenters. The van der Waals surface area contributed by atoms with Crippen molar-refractivity contribution in [2.75, 3.05) is 5.32 Å². The summed E-state index contributed by atoms with van der Waals surface area (Å²) in [5.41, 5.74) is 0.530. The summed E-state index contributed by atoms with van der Waals surface area (Å²) in [6.07, 6.45) is 5.41. The minimum Gasteiger partial charge on any atom is -0.339 e. The Bertz CT molecular complexity index is 636. The maximum absolute atomic E-state index is 12.2. The highest BCUT2D eigenvalue weighted by Crippen LogP contribution is 2.37. The van der Waals surface area contributed by atoms with Gasteiger partial charge >= 0.3 is 0 Å². The number of aromatic nitrogens is 3. The van der Waals surface area contributed by atoms with E-state index in [1.807, 2.05) is 4.57 Å². The van der Waals surface area contributed by atoms with Crippen molar-refractivity contribution in [1.29, 1.82) is 0 Å². The van der Waals surface area contributed by atoms with E-state index in [-0.39, 0.29) is 11.2 Å². The largest absolute Gasteiger partial charge is 0.339 e. The maximum Gasteiger partial charge on any atom is 0.273 e. The Labute approximate surface area is 119 Å². The number of nitrogens with one attached hydrogen (secondary N) is 1. The molecule has 7 heteroatoms. The van der Waals surface area contributed by atoms with Crippen LogP contribution < -0.4 is 5.32 Å². The Hall–Kier alpha value is -1.59. The molecule has 1 saturated carbocycles. The first-order valence-electron chi connectivity index (χ1n) is 5.81. The van der Waals surface area contributed by atoms with Crippen LogP contribution in [0.3, 0.4) is 0 Å². The molecule has 0 saturated heterocycles. The van der Waals surface area contributed by atoms with E-state index in [0.29, 0.717) is 22.6 Å². The van der Waals surface area contributed by atoms with Gasteiger partial charge in [0.15, 0.2) is 0 Å². The molecule has 0 atom stereocenters. The molecule has 0 aromatic carbocycles. The van der Waals surface area contributed by atoms with Crippen molar-refractivity contribution < 1.29 is 4.79 Å². The van der Waals surface area contributed by atoms with Gasteiger partial charge in [-0.05, 0) is 36.6 Å². The van der Waals surface area contributed by atoms with Crippen molar-refractivity contribution in [2.24, 2.45) is 0 Å². The Morgan fingerprint density at radius 1 is 1.42 bits per heavy atom. The third-order valence-corrected chi connectivity index (χ3v) is 3.24. The summed E-state index contributed by atoms with van der Waals surface area (Å²) in [6, 6.07) is 3.61. The summed E-state index contributed by atoms with van der Waals surface area (Å²) >= 11 is 11.6. The molecule has 1 amide bonds. The Kier molecular flexibility index (Phi) is 3.16. The van der Waals surface area contributed by atoms with Crippen LogP contribution in [0.5, 0.6) is 0 Å². The number of rotatable bonds is 3. The Morgan fingerprint density at radius 3 is 2.89 bits per heavy atom. The molecule has 1 aliphatic rings. The Balaban J connectivity index is 1.84. The van der Waals surface area contributed by atoms with Gasteiger partial charge in [-0.3, -0.25) is 4.79 Å². The number of nitrogens with zero attached hydrogens (tertiary/aromatic N) is 3. The molecule has 0 bridgehead atoms. The number of halogens is 2. The summed E-state index contributed by atoms with van der Waals surface area (Å²) in [5.74, 6) is 0.109. The van der Waals surface area contributed by atoms with Gasteiger partial charge in [0.25, 0.3) is 5.91 Å². The second-order valence-electron chi connectivity index (χ2n) is 4.35. The normalized spacial score (nSPS) is 14.4. The molecule has 19 heavy (non-hydrogen) atoms. The molecule has 0 aliphatic heterocycles. The van der Waals surface area contributed by atoms with Gasteiger partial charge in [0.2, 0.25) is 5.28 Å². The third-order valence-electron chi connectivity index (χ3n) is 2.86. The van der Waals surface area contributed by atoms with E-state index < -0.39 is 0 Å². The van der Waals surface area contributed by atoms with Gasteiger partial charge in [-0.25, -0.2) is 9.97 Å². The lowest BCUT2D eigenvalue weighted by Crippen LogP contribution is -2.17. The smallest absolute Gasteiger partial charge is 0.273 e. The summed E-state index contributed by atoms with van der Waals surface area (Å²) < 4.78 is 1.90. The van der Waals surface area contributed by atoms with Crippen molar-refractivity contribution >= 4 is 34.9 Å². The van der Waals surface area contributed by atoms with Gasteiger partial charge in [0.05, 0.1) is 5.02 Å². The lowest BCUT2D eigenvalue weighted by atomic mass is 10.4. The van der Waals surface area contributed by atoms with Crippen molar-refractivity contribution in [2.45, 2.75) is 18.9 Å².